The van der Waals surface area contributed by atoms with E-state index in [0.717, 1.165) is 27.7 Å². The lowest BCUT2D eigenvalue weighted by atomic mass is 10.1. The van der Waals surface area contributed by atoms with Crippen molar-refractivity contribution in [1.29, 1.82) is 0 Å². The Labute approximate surface area is 281 Å². The first-order valence-electron chi connectivity index (χ1n) is 14.5. The van der Waals surface area contributed by atoms with Crippen molar-refractivity contribution in [3.05, 3.63) is 102 Å². The van der Waals surface area contributed by atoms with Gasteiger partial charge in [-0.05, 0) is 96.2 Å². The van der Waals surface area contributed by atoms with Gasteiger partial charge in [-0.3, -0.25) is 14.3 Å². The van der Waals surface area contributed by atoms with E-state index in [9.17, 15) is 14.7 Å². The van der Waals surface area contributed by atoms with Gasteiger partial charge in [0.05, 0.1) is 23.6 Å². The fourth-order valence-electron chi connectivity index (χ4n) is 5.87. The molecule has 0 radical (unpaired) electrons. The number of pyridine rings is 1. The van der Waals surface area contributed by atoms with Gasteiger partial charge in [-0.1, -0.05) is 23.7 Å². The molecule has 1 aliphatic heterocycles. The Morgan fingerprint density at radius 2 is 1.80 bits per heavy atom. The van der Waals surface area contributed by atoms with E-state index in [1.165, 1.54) is 12.3 Å². The van der Waals surface area contributed by atoms with Gasteiger partial charge in [0.25, 0.3) is 0 Å². The molecule has 2 aromatic heterocycles. The number of aromatic nitrogens is 4. The fraction of sp³-hybridized carbons (Fsp3) is 0.250. The molecule has 0 unspecified atom stereocenters. The summed E-state index contributed by atoms with van der Waals surface area (Å²) in [7, 11) is 0. The number of halogens is 3. The van der Waals surface area contributed by atoms with Crippen LogP contribution in [0.2, 0.25) is 5.02 Å². The normalized spacial score (nSPS) is 15.6. The van der Waals surface area contributed by atoms with Crippen LogP contribution in [0.15, 0.2) is 71.7 Å². The summed E-state index contributed by atoms with van der Waals surface area (Å²) in [6.45, 7) is 2.83. The number of nitrogens with zero attached hydrogens (tertiary/aromatic N) is 6. The smallest absolute Gasteiger partial charge is 0.341 e. The van der Waals surface area contributed by atoms with Gasteiger partial charge in [0.1, 0.15) is 11.4 Å². The fourth-order valence-corrected chi connectivity index (χ4v) is 6.71. The minimum atomic E-state index is -1.31. The third-order valence-electron chi connectivity index (χ3n) is 8.33. The number of aromatic carboxylic acids is 1. The van der Waals surface area contributed by atoms with Crippen LogP contribution in [0.5, 0.6) is 0 Å². The average Bonchev–Trinajstić information content (AvgIpc) is 3.82. The van der Waals surface area contributed by atoms with Crippen molar-refractivity contribution in [3.8, 4) is 17.1 Å². The van der Waals surface area contributed by atoms with Crippen molar-refractivity contribution < 1.29 is 14.3 Å². The number of carboxylic acids is 1. The predicted octanol–water partition coefficient (Wildman–Crippen LogP) is 6.60. The molecule has 3 aromatic carbocycles. The van der Waals surface area contributed by atoms with Crippen LogP contribution in [0, 0.1) is 14.2 Å². The molecule has 0 amide bonds. The van der Waals surface area contributed by atoms with Crippen LogP contribution >= 0.6 is 46.4 Å². The second-order valence-corrected chi connectivity index (χ2v) is 13.4. The molecule has 0 bridgehead atoms. The zero-order chi connectivity index (χ0) is 31.4. The minimum Gasteiger partial charge on any atom is -0.477 e. The molecule has 1 saturated heterocycles. The van der Waals surface area contributed by atoms with Crippen molar-refractivity contribution in [2.24, 2.45) is 0 Å². The Balaban J connectivity index is 1.15. The maximum Gasteiger partial charge on any atom is 0.341 e. The minimum absolute atomic E-state index is 0.0929. The van der Waals surface area contributed by atoms with E-state index >= 15 is 4.39 Å². The number of anilines is 1. The number of piperazine rings is 1. The van der Waals surface area contributed by atoms with Crippen LogP contribution < -0.4 is 10.3 Å². The first kappa shape index (κ1) is 30.1. The molecule has 7 rings (SSSR count). The van der Waals surface area contributed by atoms with E-state index in [2.05, 4.69) is 27.5 Å². The molecule has 0 spiro atoms. The van der Waals surface area contributed by atoms with Crippen LogP contribution in [0.4, 0.5) is 10.1 Å². The van der Waals surface area contributed by atoms with Gasteiger partial charge < -0.3 is 14.6 Å². The van der Waals surface area contributed by atoms with Gasteiger partial charge in [0.15, 0.2) is 5.82 Å². The maximum absolute atomic E-state index is 15.5. The number of benzene rings is 3. The van der Waals surface area contributed by atoms with E-state index in [0.29, 0.717) is 59.7 Å². The first-order chi connectivity index (χ1) is 21.7. The summed E-state index contributed by atoms with van der Waals surface area (Å²) in [6, 6.07) is 18.6. The van der Waals surface area contributed by atoms with Crippen molar-refractivity contribution in [2.45, 2.75) is 25.6 Å². The summed E-state index contributed by atoms with van der Waals surface area (Å²) in [6.07, 6.45) is 3.19. The molecule has 3 heterocycles. The van der Waals surface area contributed by atoms with Crippen LogP contribution in [-0.4, -0.2) is 61.1 Å². The predicted molar refractivity (Wildman–Crippen MR) is 183 cm³/mol. The highest BCUT2D eigenvalue weighted by atomic mass is 127. The summed E-state index contributed by atoms with van der Waals surface area (Å²) in [5.41, 5.74) is 1.72. The van der Waals surface area contributed by atoms with Gasteiger partial charge in [-0.15, -0.1) is 5.10 Å². The Kier molecular flexibility index (Phi) is 8.00. The van der Waals surface area contributed by atoms with Gasteiger partial charge >= 0.3 is 5.97 Å². The zero-order valence-electron chi connectivity index (χ0n) is 23.9. The summed E-state index contributed by atoms with van der Waals surface area (Å²) in [4.78, 5) is 28.8. The van der Waals surface area contributed by atoms with Gasteiger partial charge in [-0.25, -0.2) is 13.9 Å². The Hall–Kier alpha value is -3.59. The van der Waals surface area contributed by atoms with Crippen LogP contribution in [-0.2, 0) is 6.67 Å². The van der Waals surface area contributed by atoms with E-state index in [-0.39, 0.29) is 17.0 Å². The quantitative estimate of drug-likeness (QED) is 0.148. The van der Waals surface area contributed by atoms with Crippen LogP contribution in [0.1, 0.15) is 29.2 Å². The Morgan fingerprint density at radius 1 is 1.07 bits per heavy atom. The third kappa shape index (κ3) is 5.80. The molecule has 1 saturated carbocycles. The van der Waals surface area contributed by atoms with Crippen molar-refractivity contribution in [1.82, 2.24) is 23.8 Å². The molecule has 1 aliphatic carbocycles. The molecule has 0 atom stereocenters. The van der Waals surface area contributed by atoms with Crippen molar-refractivity contribution in [3.63, 3.8) is 0 Å². The van der Waals surface area contributed by atoms with E-state index < -0.39 is 17.2 Å². The van der Waals surface area contributed by atoms with Gasteiger partial charge in [0.2, 0.25) is 10.2 Å². The third-order valence-corrected chi connectivity index (χ3v) is 9.67. The molecule has 230 valence electrons. The van der Waals surface area contributed by atoms with Gasteiger partial charge in [0, 0.05) is 58.0 Å². The second kappa shape index (κ2) is 12.0. The molecule has 5 aromatic rings. The van der Waals surface area contributed by atoms with Crippen LogP contribution in [0.25, 0.3) is 28.0 Å². The maximum atomic E-state index is 15.5. The van der Waals surface area contributed by atoms with E-state index in [4.69, 9.17) is 28.9 Å². The lowest BCUT2D eigenvalue weighted by Crippen LogP contribution is -2.47. The summed E-state index contributed by atoms with van der Waals surface area (Å²) < 4.78 is 22.7. The van der Waals surface area contributed by atoms with Crippen molar-refractivity contribution >= 4 is 69.0 Å². The number of rotatable bonds is 7. The number of carbonyl (C=O) groups is 1. The Bertz CT molecular complexity index is 2080. The highest BCUT2D eigenvalue weighted by molar-refractivity contribution is 14.1. The first-order valence-corrected chi connectivity index (χ1v) is 16.3. The topological polar surface area (TPSA) is 88.5 Å². The van der Waals surface area contributed by atoms with Crippen molar-refractivity contribution in [2.75, 3.05) is 31.1 Å². The lowest BCUT2D eigenvalue weighted by molar-refractivity contribution is 0.0695. The highest BCUT2D eigenvalue weighted by Gasteiger charge is 2.29. The lowest BCUT2D eigenvalue weighted by Gasteiger charge is -2.36. The molecular formula is C32H27ClFIN6O3S. The molecule has 13 heteroatoms. The van der Waals surface area contributed by atoms with E-state index in [1.807, 2.05) is 67.2 Å². The SMILES string of the molecule is O=C(O)c1cn(C2CC2)c2cc(N3CCN(Cn4nc(-c5cccc(Cl)c5)n(-c5ccc(I)cc5)c4=S)CC3)c(F)cc2c1=O. The second-order valence-electron chi connectivity index (χ2n) is 11.3. The largest absolute Gasteiger partial charge is 0.477 e. The summed E-state index contributed by atoms with van der Waals surface area (Å²) >= 11 is 14.5. The Morgan fingerprint density at radius 3 is 2.47 bits per heavy atom. The number of hydrogen-bond acceptors (Lipinski definition) is 6. The molecule has 9 nitrogen and oxygen atoms in total. The molecule has 1 N–H and O–H groups in total. The molecule has 2 aliphatic rings. The number of hydrogen-bond donors (Lipinski definition) is 1. The molecular weight excluding hydrogens is 730 g/mol. The monoisotopic (exact) mass is 756 g/mol. The zero-order valence-corrected chi connectivity index (χ0v) is 27.6. The summed E-state index contributed by atoms with van der Waals surface area (Å²) in [5.74, 6) is -1.16. The number of carboxylic acid groups (broad SMARTS) is 1. The molecule has 2 fully saturated rings. The standard InChI is InChI=1S/C32H27ClFIN6O3S/c33-20-3-1-2-19(14-20)30-36-40(32(45)41(30)23-6-4-21(35)5-7-23)18-37-10-12-38(13-11-37)28-16-27-24(15-26(28)34)29(42)25(31(43)44)17-39(27)22-8-9-22/h1-7,14-17,22H,8-13,18H2,(H,43,44). The van der Waals surface area contributed by atoms with Crippen LogP contribution in [0.3, 0.4) is 0 Å². The number of fused-ring (bicyclic) bond motifs is 1. The highest BCUT2D eigenvalue weighted by Crippen LogP contribution is 2.38. The molecule has 45 heavy (non-hydrogen) atoms. The van der Waals surface area contributed by atoms with Gasteiger partial charge in [-0.2, -0.15) is 0 Å². The van der Waals surface area contributed by atoms with E-state index in [1.54, 1.807) is 6.07 Å². The summed E-state index contributed by atoms with van der Waals surface area (Å²) in [5, 5.41) is 15.2. The average molecular weight is 757 g/mol.